The molecule has 0 atom stereocenters. The first-order chi connectivity index (χ1) is 11.3. The van der Waals surface area contributed by atoms with Crippen molar-refractivity contribution in [1.82, 2.24) is 9.88 Å². The first-order valence-electron chi connectivity index (χ1n) is 8.07. The second-order valence-electron chi connectivity index (χ2n) is 5.34. The van der Waals surface area contributed by atoms with Gasteiger partial charge in [-0.15, -0.1) is 35.3 Å². The summed E-state index contributed by atoms with van der Waals surface area (Å²) in [6.45, 7) is 6.50. The molecule has 2 heterocycles. The Bertz CT molecular complexity index is 453. The maximum atomic E-state index is 6.09. The quantitative estimate of drug-likeness (QED) is 0.257. The van der Waals surface area contributed by atoms with Crippen LogP contribution in [-0.4, -0.2) is 75.5 Å². The van der Waals surface area contributed by atoms with Gasteiger partial charge in [0.15, 0.2) is 11.1 Å². The molecule has 138 valence electrons. The molecular formula is C15H28IN5O2S. The number of methoxy groups -OCH3 is 1. The van der Waals surface area contributed by atoms with Crippen molar-refractivity contribution in [2.75, 3.05) is 64.6 Å². The SMILES string of the molecule is COCCOCCCCN=C(N)N1CCN(c2nccs2)CC1.I. The molecule has 1 fully saturated rings. The lowest BCUT2D eigenvalue weighted by atomic mass is 10.3. The number of hydrogen-bond acceptors (Lipinski definition) is 6. The molecular weight excluding hydrogens is 441 g/mol. The molecule has 0 unspecified atom stereocenters. The van der Waals surface area contributed by atoms with Crippen molar-refractivity contribution in [2.24, 2.45) is 10.7 Å². The predicted molar refractivity (Wildman–Crippen MR) is 110 cm³/mol. The zero-order valence-electron chi connectivity index (χ0n) is 14.2. The molecule has 2 rings (SSSR count). The molecule has 0 aromatic carbocycles. The molecule has 2 N–H and O–H groups in total. The lowest BCUT2D eigenvalue weighted by Gasteiger charge is -2.35. The van der Waals surface area contributed by atoms with Gasteiger partial charge < -0.3 is 25.0 Å². The predicted octanol–water partition coefficient (Wildman–Crippen LogP) is 1.64. The van der Waals surface area contributed by atoms with Crippen molar-refractivity contribution in [1.29, 1.82) is 0 Å². The second-order valence-corrected chi connectivity index (χ2v) is 6.21. The van der Waals surface area contributed by atoms with Crippen LogP contribution in [0.1, 0.15) is 12.8 Å². The molecule has 0 radical (unpaired) electrons. The maximum absolute atomic E-state index is 6.09. The van der Waals surface area contributed by atoms with E-state index in [-0.39, 0.29) is 24.0 Å². The van der Waals surface area contributed by atoms with Gasteiger partial charge >= 0.3 is 0 Å². The van der Waals surface area contributed by atoms with Gasteiger partial charge in [-0.3, -0.25) is 4.99 Å². The largest absolute Gasteiger partial charge is 0.382 e. The van der Waals surface area contributed by atoms with Gasteiger partial charge in [-0.25, -0.2) is 4.98 Å². The normalized spacial score (nSPS) is 15.5. The summed E-state index contributed by atoms with van der Waals surface area (Å²) in [7, 11) is 1.68. The Hall–Kier alpha value is -0.650. The van der Waals surface area contributed by atoms with E-state index >= 15 is 0 Å². The van der Waals surface area contributed by atoms with Gasteiger partial charge in [0.1, 0.15) is 0 Å². The summed E-state index contributed by atoms with van der Waals surface area (Å²) < 4.78 is 10.3. The van der Waals surface area contributed by atoms with E-state index in [1.165, 1.54) is 0 Å². The molecule has 1 aromatic rings. The van der Waals surface area contributed by atoms with Crippen LogP contribution < -0.4 is 10.6 Å². The number of piperazine rings is 1. The van der Waals surface area contributed by atoms with Crippen molar-refractivity contribution in [3.63, 3.8) is 0 Å². The van der Waals surface area contributed by atoms with Crippen LogP contribution in [0.15, 0.2) is 16.6 Å². The van der Waals surface area contributed by atoms with Crippen molar-refractivity contribution in [3.8, 4) is 0 Å². The summed E-state index contributed by atoms with van der Waals surface area (Å²) in [5.41, 5.74) is 6.09. The summed E-state index contributed by atoms with van der Waals surface area (Å²) in [4.78, 5) is 13.3. The highest BCUT2D eigenvalue weighted by Crippen LogP contribution is 2.18. The summed E-state index contributed by atoms with van der Waals surface area (Å²) in [6, 6.07) is 0. The number of nitrogens with zero attached hydrogens (tertiary/aromatic N) is 4. The Labute approximate surface area is 165 Å². The molecule has 24 heavy (non-hydrogen) atoms. The molecule has 1 aromatic heterocycles. The summed E-state index contributed by atoms with van der Waals surface area (Å²) in [5, 5.41) is 3.10. The molecule has 0 bridgehead atoms. The van der Waals surface area contributed by atoms with Gasteiger partial charge in [-0.05, 0) is 12.8 Å². The molecule has 0 saturated carbocycles. The highest BCUT2D eigenvalue weighted by atomic mass is 127. The Morgan fingerprint density at radius 1 is 1.25 bits per heavy atom. The van der Waals surface area contributed by atoms with E-state index in [0.717, 1.165) is 57.3 Å². The topological polar surface area (TPSA) is 76.2 Å². The average molecular weight is 469 g/mol. The van der Waals surface area contributed by atoms with Crippen LogP contribution in [-0.2, 0) is 9.47 Å². The zero-order chi connectivity index (χ0) is 16.3. The van der Waals surface area contributed by atoms with E-state index < -0.39 is 0 Å². The molecule has 7 nitrogen and oxygen atoms in total. The lowest BCUT2D eigenvalue weighted by Crippen LogP contribution is -2.51. The number of aliphatic imine (C=N–C) groups is 1. The smallest absolute Gasteiger partial charge is 0.191 e. The molecule has 0 spiro atoms. The molecule has 1 saturated heterocycles. The minimum Gasteiger partial charge on any atom is -0.382 e. The van der Waals surface area contributed by atoms with Crippen molar-refractivity contribution < 1.29 is 9.47 Å². The fraction of sp³-hybridized carbons (Fsp3) is 0.733. The molecule has 0 amide bonds. The van der Waals surface area contributed by atoms with E-state index in [1.54, 1.807) is 18.4 Å². The third kappa shape index (κ3) is 7.49. The van der Waals surface area contributed by atoms with Gasteiger partial charge in [-0.1, -0.05) is 0 Å². The van der Waals surface area contributed by atoms with Crippen molar-refractivity contribution in [3.05, 3.63) is 11.6 Å². The lowest BCUT2D eigenvalue weighted by molar-refractivity contribution is 0.0690. The highest BCUT2D eigenvalue weighted by molar-refractivity contribution is 14.0. The second kappa shape index (κ2) is 12.7. The van der Waals surface area contributed by atoms with Crippen LogP contribution in [0.3, 0.4) is 0 Å². The number of ether oxygens (including phenoxy) is 2. The molecule has 1 aliphatic heterocycles. The number of hydrogen-bond donors (Lipinski definition) is 1. The fourth-order valence-electron chi connectivity index (χ4n) is 2.35. The van der Waals surface area contributed by atoms with Gasteiger partial charge in [0.2, 0.25) is 0 Å². The number of thiazole rings is 1. The first kappa shape index (κ1) is 21.4. The van der Waals surface area contributed by atoms with Gasteiger partial charge in [0.25, 0.3) is 0 Å². The van der Waals surface area contributed by atoms with Gasteiger partial charge in [-0.2, -0.15) is 0 Å². The van der Waals surface area contributed by atoms with E-state index in [1.807, 2.05) is 11.6 Å². The standard InChI is InChI=1S/C15H27N5O2S.HI/c1-21-11-12-22-10-3-2-4-17-14(16)19-6-8-20(9-7-19)15-18-5-13-23-15;/h5,13H,2-4,6-12H2,1H3,(H2,16,17);1H. The van der Waals surface area contributed by atoms with E-state index in [0.29, 0.717) is 19.2 Å². The first-order valence-corrected chi connectivity index (χ1v) is 8.95. The van der Waals surface area contributed by atoms with Crippen LogP contribution in [0.25, 0.3) is 0 Å². The fourth-order valence-corrected chi connectivity index (χ4v) is 3.05. The zero-order valence-corrected chi connectivity index (χ0v) is 17.4. The van der Waals surface area contributed by atoms with Crippen molar-refractivity contribution >= 4 is 46.4 Å². The minimum atomic E-state index is 0. The van der Waals surface area contributed by atoms with Gasteiger partial charge in [0, 0.05) is 58.0 Å². The summed E-state index contributed by atoms with van der Waals surface area (Å²) >= 11 is 1.68. The van der Waals surface area contributed by atoms with Crippen LogP contribution in [0, 0.1) is 0 Å². The number of anilines is 1. The van der Waals surface area contributed by atoms with E-state index in [9.17, 15) is 0 Å². The Morgan fingerprint density at radius 2 is 2.04 bits per heavy atom. The maximum Gasteiger partial charge on any atom is 0.191 e. The monoisotopic (exact) mass is 469 g/mol. The van der Waals surface area contributed by atoms with Gasteiger partial charge in [0.05, 0.1) is 13.2 Å². The highest BCUT2D eigenvalue weighted by Gasteiger charge is 2.19. The average Bonchev–Trinajstić information content (AvgIpc) is 3.12. The number of rotatable bonds is 9. The summed E-state index contributed by atoms with van der Waals surface area (Å²) in [6.07, 6.45) is 3.84. The molecule has 0 aliphatic carbocycles. The Balaban J connectivity index is 0.00000288. The van der Waals surface area contributed by atoms with Crippen LogP contribution in [0.2, 0.25) is 0 Å². The minimum absolute atomic E-state index is 0. The Kier molecular flexibility index (Phi) is 11.3. The van der Waals surface area contributed by atoms with Crippen LogP contribution in [0.4, 0.5) is 5.13 Å². The number of halogens is 1. The van der Waals surface area contributed by atoms with Crippen LogP contribution in [0.5, 0.6) is 0 Å². The number of guanidine groups is 1. The summed E-state index contributed by atoms with van der Waals surface area (Å²) in [5.74, 6) is 0.657. The molecule has 9 heteroatoms. The van der Waals surface area contributed by atoms with Crippen LogP contribution >= 0.6 is 35.3 Å². The van der Waals surface area contributed by atoms with E-state index in [4.69, 9.17) is 15.2 Å². The number of aromatic nitrogens is 1. The molecule has 1 aliphatic rings. The van der Waals surface area contributed by atoms with Crippen molar-refractivity contribution in [2.45, 2.75) is 12.8 Å². The number of unbranched alkanes of at least 4 members (excludes halogenated alkanes) is 1. The van der Waals surface area contributed by atoms with E-state index in [2.05, 4.69) is 19.8 Å². The number of nitrogens with two attached hydrogens (primary N) is 1. The Morgan fingerprint density at radius 3 is 2.71 bits per heavy atom. The third-order valence-electron chi connectivity index (χ3n) is 3.70. The third-order valence-corrected chi connectivity index (χ3v) is 4.53.